The van der Waals surface area contributed by atoms with Crippen molar-refractivity contribution in [2.45, 2.75) is 10.9 Å². The highest BCUT2D eigenvalue weighted by molar-refractivity contribution is 7.98. The Labute approximate surface area is 142 Å². The first-order valence-electron chi connectivity index (χ1n) is 7.17. The van der Waals surface area contributed by atoms with Crippen molar-refractivity contribution in [3.8, 4) is 0 Å². The summed E-state index contributed by atoms with van der Waals surface area (Å²) in [4.78, 5) is 10.8. The second-order valence-electron chi connectivity index (χ2n) is 4.90. The Morgan fingerprint density at radius 1 is 1.17 bits per heavy atom. The zero-order valence-corrected chi connectivity index (χ0v) is 13.4. The number of aromatic nitrogens is 3. The molecule has 24 heavy (non-hydrogen) atoms. The Kier molecular flexibility index (Phi) is 5.02. The summed E-state index contributed by atoms with van der Waals surface area (Å²) in [5, 5.41) is 21.9. The maximum Gasteiger partial charge on any atom is 0.335 e. The molecule has 0 spiro atoms. The maximum absolute atomic E-state index is 10.8. The van der Waals surface area contributed by atoms with Gasteiger partial charge in [-0.2, -0.15) is 9.78 Å². The van der Waals surface area contributed by atoms with E-state index in [4.69, 9.17) is 5.11 Å². The van der Waals surface area contributed by atoms with E-state index in [2.05, 4.69) is 27.4 Å². The number of nitrogens with zero attached hydrogens (tertiary/aromatic N) is 4. The first-order chi connectivity index (χ1) is 11.7. The molecule has 0 fully saturated rings. The first-order valence-corrected chi connectivity index (χ1v) is 8.15. The van der Waals surface area contributed by atoms with Gasteiger partial charge in [-0.25, -0.2) is 4.79 Å². The summed E-state index contributed by atoms with van der Waals surface area (Å²) in [5.41, 5.74) is 2.24. The molecule has 0 aliphatic heterocycles. The third kappa shape index (κ3) is 4.08. The highest BCUT2D eigenvalue weighted by atomic mass is 32.2. The van der Waals surface area contributed by atoms with Crippen LogP contribution >= 0.6 is 11.8 Å². The van der Waals surface area contributed by atoms with E-state index in [-0.39, 0.29) is 5.56 Å². The molecule has 0 amide bonds. The highest BCUT2D eigenvalue weighted by Crippen LogP contribution is 2.20. The number of thioether (sulfide) groups is 1. The normalized spacial score (nSPS) is 11.0. The molecule has 6 nitrogen and oxygen atoms in total. The lowest BCUT2D eigenvalue weighted by Gasteiger charge is -2.01. The van der Waals surface area contributed by atoms with E-state index < -0.39 is 5.97 Å². The van der Waals surface area contributed by atoms with Crippen LogP contribution in [0.4, 0.5) is 0 Å². The lowest BCUT2D eigenvalue weighted by Crippen LogP contribution is -1.96. The minimum Gasteiger partial charge on any atom is -0.478 e. The number of rotatable bonds is 6. The number of carboxylic acid groups (broad SMARTS) is 1. The van der Waals surface area contributed by atoms with E-state index in [1.807, 2.05) is 18.2 Å². The molecule has 0 unspecified atom stereocenters. The van der Waals surface area contributed by atoms with Crippen molar-refractivity contribution < 1.29 is 9.90 Å². The summed E-state index contributed by atoms with van der Waals surface area (Å²) in [6.45, 7) is 0. The van der Waals surface area contributed by atoms with Crippen molar-refractivity contribution in [2.24, 2.45) is 5.10 Å². The topological polar surface area (TPSA) is 80.4 Å². The molecule has 3 rings (SSSR count). The van der Waals surface area contributed by atoms with Crippen molar-refractivity contribution in [3.05, 3.63) is 77.6 Å². The van der Waals surface area contributed by atoms with Gasteiger partial charge in [0.2, 0.25) is 5.16 Å². The van der Waals surface area contributed by atoms with Crippen molar-refractivity contribution in [3.63, 3.8) is 0 Å². The van der Waals surface area contributed by atoms with Gasteiger partial charge in [0.1, 0.15) is 6.33 Å². The number of carboxylic acids is 1. The van der Waals surface area contributed by atoms with E-state index in [0.717, 1.165) is 11.3 Å². The Bertz CT molecular complexity index is 845. The third-order valence-corrected chi connectivity index (χ3v) is 4.20. The molecule has 0 aliphatic rings. The number of hydrogen-bond donors (Lipinski definition) is 1. The molecule has 0 bridgehead atoms. The van der Waals surface area contributed by atoms with Crippen LogP contribution in [0.2, 0.25) is 0 Å². The summed E-state index contributed by atoms with van der Waals surface area (Å²) < 4.78 is 1.60. The number of carbonyl (C=O) groups is 1. The molecule has 0 aliphatic carbocycles. The van der Waals surface area contributed by atoms with Gasteiger partial charge in [-0.05, 0) is 23.3 Å². The molecule has 0 atom stereocenters. The van der Waals surface area contributed by atoms with E-state index in [1.165, 1.54) is 11.9 Å². The molecule has 1 aromatic heterocycles. The van der Waals surface area contributed by atoms with Gasteiger partial charge >= 0.3 is 5.97 Å². The minimum atomic E-state index is -0.947. The second kappa shape index (κ2) is 7.56. The molecule has 7 heteroatoms. The Morgan fingerprint density at radius 2 is 1.92 bits per heavy atom. The molecular weight excluding hydrogens is 324 g/mol. The Hall–Kier alpha value is -2.93. The van der Waals surface area contributed by atoms with Crippen molar-refractivity contribution >= 4 is 23.9 Å². The fraction of sp³-hybridized carbons (Fsp3) is 0.0588. The smallest absolute Gasteiger partial charge is 0.335 e. The highest BCUT2D eigenvalue weighted by Gasteiger charge is 2.05. The summed E-state index contributed by atoms with van der Waals surface area (Å²) in [6.07, 6.45) is 3.18. The summed E-state index contributed by atoms with van der Waals surface area (Å²) in [5.74, 6) is -0.167. The molecule has 0 radical (unpaired) electrons. The lowest BCUT2D eigenvalue weighted by molar-refractivity contribution is 0.0697. The van der Waals surface area contributed by atoms with Crippen molar-refractivity contribution in [2.75, 3.05) is 0 Å². The average molecular weight is 338 g/mol. The van der Waals surface area contributed by atoms with Gasteiger partial charge in [-0.3, -0.25) is 0 Å². The van der Waals surface area contributed by atoms with Gasteiger partial charge in [0, 0.05) is 5.75 Å². The van der Waals surface area contributed by atoms with Gasteiger partial charge in [-0.15, -0.1) is 10.2 Å². The number of benzene rings is 2. The zero-order valence-electron chi connectivity index (χ0n) is 12.6. The summed E-state index contributed by atoms with van der Waals surface area (Å²) >= 11 is 1.55. The number of aromatic carboxylic acids is 1. The fourth-order valence-electron chi connectivity index (χ4n) is 1.96. The summed E-state index contributed by atoms with van der Waals surface area (Å²) in [7, 11) is 0. The van der Waals surface area contributed by atoms with Crippen LogP contribution in [0.25, 0.3) is 0 Å². The van der Waals surface area contributed by atoms with Crippen molar-refractivity contribution in [1.82, 2.24) is 14.9 Å². The molecule has 0 saturated heterocycles. The van der Waals surface area contributed by atoms with Crippen LogP contribution in [0.1, 0.15) is 21.5 Å². The van der Waals surface area contributed by atoms with Crippen LogP contribution < -0.4 is 0 Å². The predicted octanol–water partition coefficient (Wildman–Crippen LogP) is 3.15. The molecule has 0 saturated carbocycles. The van der Waals surface area contributed by atoms with E-state index in [0.29, 0.717) is 5.16 Å². The Morgan fingerprint density at radius 3 is 2.62 bits per heavy atom. The van der Waals surface area contributed by atoms with E-state index in [1.54, 1.807) is 46.9 Å². The molecule has 1 N–H and O–H groups in total. The first kappa shape index (κ1) is 15.9. The molecule has 3 aromatic rings. The van der Waals surface area contributed by atoms with Crippen LogP contribution in [-0.4, -0.2) is 32.2 Å². The molecular formula is C17H14N4O2S. The fourth-order valence-corrected chi connectivity index (χ4v) is 2.78. The lowest BCUT2D eigenvalue weighted by atomic mass is 10.1. The molecule has 2 aromatic carbocycles. The quantitative estimate of drug-likeness (QED) is 0.551. The third-order valence-electron chi connectivity index (χ3n) is 3.20. The van der Waals surface area contributed by atoms with Gasteiger partial charge in [0.25, 0.3) is 0 Å². The average Bonchev–Trinajstić information content (AvgIpc) is 3.07. The molecule has 1 heterocycles. The molecule has 120 valence electrons. The van der Waals surface area contributed by atoms with Crippen molar-refractivity contribution in [1.29, 1.82) is 0 Å². The largest absolute Gasteiger partial charge is 0.478 e. The van der Waals surface area contributed by atoms with Crippen LogP contribution in [0.5, 0.6) is 0 Å². The SMILES string of the molecule is O=C(O)c1ccc(/C=N\n2cnnc2SCc2ccccc2)cc1. The monoisotopic (exact) mass is 338 g/mol. The van der Waals surface area contributed by atoms with Crippen LogP contribution in [0.15, 0.2) is 71.2 Å². The standard InChI is InChI=1S/C17H14N4O2S/c22-16(23)15-8-6-13(7-9-15)10-19-21-12-18-20-17(21)24-11-14-4-2-1-3-5-14/h1-10,12H,11H2,(H,22,23)/b19-10-. The van der Waals surface area contributed by atoms with Gasteiger partial charge in [-0.1, -0.05) is 54.2 Å². The minimum absolute atomic E-state index is 0.246. The van der Waals surface area contributed by atoms with E-state index in [9.17, 15) is 4.79 Å². The van der Waals surface area contributed by atoms with Crippen LogP contribution in [0.3, 0.4) is 0 Å². The number of hydrogen-bond acceptors (Lipinski definition) is 5. The Balaban J connectivity index is 1.67. The van der Waals surface area contributed by atoms with Crippen LogP contribution in [0, 0.1) is 0 Å². The van der Waals surface area contributed by atoms with Crippen LogP contribution in [-0.2, 0) is 5.75 Å². The second-order valence-corrected chi connectivity index (χ2v) is 5.85. The van der Waals surface area contributed by atoms with Gasteiger partial charge < -0.3 is 5.11 Å². The van der Waals surface area contributed by atoms with Gasteiger partial charge in [0.15, 0.2) is 0 Å². The van der Waals surface area contributed by atoms with Gasteiger partial charge in [0.05, 0.1) is 11.8 Å². The zero-order chi connectivity index (χ0) is 16.8. The predicted molar refractivity (Wildman–Crippen MR) is 92.4 cm³/mol. The van der Waals surface area contributed by atoms with E-state index >= 15 is 0 Å². The maximum atomic E-state index is 10.8. The summed E-state index contributed by atoms with van der Waals surface area (Å²) in [6, 6.07) is 16.6.